The summed E-state index contributed by atoms with van der Waals surface area (Å²) in [5.41, 5.74) is 1.17. The van der Waals surface area contributed by atoms with Crippen LogP contribution in [0.5, 0.6) is 0 Å². The quantitative estimate of drug-likeness (QED) is 0.519. The smallest absolute Gasteiger partial charge is 0.470 e. The van der Waals surface area contributed by atoms with Crippen molar-refractivity contribution in [3.8, 4) is 0 Å². The average Bonchev–Trinajstić information content (AvgIpc) is 2.47. The molecular weight excluding hydrogens is 272 g/mol. The van der Waals surface area contributed by atoms with Crippen molar-refractivity contribution in [2.24, 2.45) is 0 Å². The van der Waals surface area contributed by atoms with E-state index in [4.69, 9.17) is 13.3 Å². The number of aryl methyl sites for hydroxylation is 1. The lowest BCUT2D eigenvalue weighted by Gasteiger charge is -2.27. The Morgan fingerprint density at radius 3 is 2.30 bits per heavy atom. The molecule has 5 heteroatoms. The first-order chi connectivity index (χ1) is 9.65. The van der Waals surface area contributed by atoms with Gasteiger partial charge in [0.15, 0.2) is 0 Å². The Morgan fingerprint density at radius 2 is 1.80 bits per heavy atom. The summed E-state index contributed by atoms with van der Waals surface area (Å²) < 4.78 is 16.8. The molecule has 0 fully saturated rings. The molecule has 1 aromatic carbocycles. The van der Waals surface area contributed by atoms with Gasteiger partial charge >= 0.3 is 14.8 Å². The Bertz CT molecular complexity index is 413. The minimum absolute atomic E-state index is 0.450. The monoisotopic (exact) mass is 294 g/mol. The number of rotatable bonds is 9. The SMILES string of the molecule is C=CC(=O)O[Si](CCc1ccccc1)(OCC)OCC. The fourth-order valence-corrected chi connectivity index (χ4v) is 4.33. The predicted octanol–water partition coefficient (Wildman–Crippen LogP) is 2.97. The van der Waals surface area contributed by atoms with Crippen molar-refractivity contribution in [3.63, 3.8) is 0 Å². The first-order valence-corrected chi connectivity index (χ1v) is 8.76. The van der Waals surface area contributed by atoms with Gasteiger partial charge in [0.05, 0.1) is 0 Å². The second-order valence-electron chi connectivity index (χ2n) is 4.16. The summed E-state index contributed by atoms with van der Waals surface area (Å²) in [6, 6.07) is 10.6. The minimum atomic E-state index is -2.98. The summed E-state index contributed by atoms with van der Waals surface area (Å²) in [4.78, 5) is 11.5. The molecule has 1 rings (SSSR count). The minimum Gasteiger partial charge on any atom is -0.470 e. The highest BCUT2D eigenvalue weighted by molar-refractivity contribution is 6.62. The van der Waals surface area contributed by atoms with E-state index in [-0.39, 0.29) is 0 Å². The van der Waals surface area contributed by atoms with Crippen LogP contribution in [-0.2, 0) is 24.5 Å². The van der Waals surface area contributed by atoms with Crippen LogP contribution in [0, 0.1) is 0 Å². The summed E-state index contributed by atoms with van der Waals surface area (Å²) in [6.07, 6.45) is 1.89. The van der Waals surface area contributed by atoms with Crippen molar-refractivity contribution in [2.45, 2.75) is 26.3 Å². The standard InChI is InChI=1S/C15H22O4Si/c1-4-15(16)19-20(17-5-2,18-6-3)13-12-14-10-8-7-9-11-14/h4,7-11H,1,5-6,12-13H2,2-3H3. The van der Waals surface area contributed by atoms with E-state index in [0.29, 0.717) is 19.3 Å². The van der Waals surface area contributed by atoms with Gasteiger partial charge in [0.2, 0.25) is 0 Å². The summed E-state index contributed by atoms with van der Waals surface area (Å²) in [5, 5.41) is 0. The number of carbonyl (C=O) groups is 1. The Labute approximate surface area is 121 Å². The maximum Gasteiger partial charge on any atom is 0.568 e. The zero-order chi connectivity index (χ0) is 14.8. The normalized spacial score (nSPS) is 11.1. The second kappa shape index (κ2) is 8.68. The molecule has 0 radical (unpaired) electrons. The van der Waals surface area contributed by atoms with Crippen LogP contribution in [0.3, 0.4) is 0 Å². The maximum absolute atomic E-state index is 11.5. The summed E-state index contributed by atoms with van der Waals surface area (Å²) >= 11 is 0. The molecule has 0 unspecified atom stereocenters. The van der Waals surface area contributed by atoms with E-state index in [1.54, 1.807) is 0 Å². The largest absolute Gasteiger partial charge is 0.568 e. The van der Waals surface area contributed by atoms with Gasteiger partial charge in [-0.05, 0) is 25.8 Å². The zero-order valence-electron chi connectivity index (χ0n) is 12.1. The fourth-order valence-electron chi connectivity index (χ4n) is 1.87. The molecule has 0 aliphatic carbocycles. The summed E-state index contributed by atoms with van der Waals surface area (Å²) in [7, 11) is -2.98. The van der Waals surface area contributed by atoms with Crippen LogP contribution >= 0.6 is 0 Å². The molecule has 0 aliphatic heterocycles. The Balaban J connectivity index is 2.78. The van der Waals surface area contributed by atoms with Crippen molar-refractivity contribution >= 4 is 14.8 Å². The molecule has 20 heavy (non-hydrogen) atoms. The van der Waals surface area contributed by atoms with Crippen LogP contribution in [0.15, 0.2) is 43.0 Å². The van der Waals surface area contributed by atoms with E-state index >= 15 is 0 Å². The molecule has 0 aliphatic rings. The average molecular weight is 294 g/mol. The van der Waals surface area contributed by atoms with Gasteiger partial charge in [-0.2, -0.15) is 0 Å². The van der Waals surface area contributed by atoms with Gasteiger partial charge in [0, 0.05) is 25.3 Å². The molecular formula is C15H22O4Si. The Kier molecular flexibility index (Phi) is 7.21. The van der Waals surface area contributed by atoms with Gasteiger partial charge in [0.25, 0.3) is 0 Å². The van der Waals surface area contributed by atoms with E-state index in [1.807, 2.05) is 44.2 Å². The van der Waals surface area contributed by atoms with Gasteiger partial charge in [-0.25, -0.2) is 4.79 Å². The molecule has 0 bridgehead atoms. The van der Waals surface area contributed by atoms with Crippen molar-refractivity contribution in [1.29, 1.82) is 0 Å². The van der Waals surface area contributed by atoms with E-state index in [2.05, 4.69) is 6.58 Å². The maximum atomic E-state index is 11.5. The van der Waals surface area contributed by atoms with Crippen LogP contribution in [0.2, 0.25) is 6.04 Å². The lowest BCUT2D eigenvalue weighted by Crippen LogP contribution is -2.47. The lowest BCUT2D eigenvalue weighted by atomic mass is 10.2. The number of carbonyl (C=O) groups excluding carboxylic acids is 1. The number of benzene rings is 1. The second-order valence-corrected chi connectivity index (χ2v) is 6.81. The van der Waals surface area contributed by atoms with E-state index in [0.717, 1.165) is 12.5 Å². The molecule has 0 N–H and O–H groups in total. The highest BCUT2D eigenvalue weighted by Crippen LogP contribution is 2.19. The molecule has 1 aromatic rings. The number of hydrogen-bond acceptors (Lipinski definition) is 4. The summed E-state index contributed by atoms with van der Waals surface area (Å²) in [6.45, 7) is 8.05. The molecule has 0 aromatic heterocycles. The molecule has 110 valence electrons. The van der Waals surface area contributed by atoms with Crippen LogP contribution in [0.1, 0.15) is 19.4 Å². The topological polar surface area (TPSA) is 44.8 Å². The molecule has 4 nitrogen and oxygen atoms in total. The third kappa shape index (κ3) is 5.28. The zero-order valence-corrected chi connectivity index (χ0v) is 13.1. The lowest BCUT2D eigenvalue weighted by molar-refractivity contribution is -0.133. The van der Waals surface area contributed by atoms with Gasteiger partial charge in [0.1, 0.15) is 0 Å². The number of hydrogen-bond donors (Lipinski definition) is 0. The van der Waals surface area contributed by atoms with Crippen LogP contribution < -0.4 is 0 Å². The highest BCUT2D eigenvalue weighted by Gasteiger charge is 2.43. The van der Waals surface area contributed by atoms with Crippen molar-refractivity contribution in [3.05, 3.63) is 48.6 Å². The van der Waals surface area contributed by atoms with Crippen molar-refractivity contribution < 1.29 is 18.1 Å². The van der Waals surface area contributed by atoms with Gasteiger partial charge in [-0.1, -0.05) is 36.9 Å². The fraction of sp³-hybridized carbons (Fsp3) is 0.400. The van der Waals surface area contributed by atoms with Gasteiger partial charge < -0.3 is 13.3 Å². The van der Waals surface area contributed by atoms with Gasteiger partial charge in [-0.3, -0.25) is 0 Å². The third-order valence-corrected chi connectivity index (χ3v) is 5.55. The first kappa shape index (κ1) is 16.6. The molecule has 0 heterocycles. The van der Waals surface area contributed by atoms with Crippen LogP contribution in [0.25, 0.3) is 0 Å². The van der Waals surface area contributed by atoms with Gasteiger partial charge in [-0.15, -0.1) is 0 Å². The Hall–Kier alpha value is -1.43. The third-order valence-electron chi connectivity index (χ3n) is 2.71. The Morgan fingerprint density at radius 1 is 1.20 bits per heavy atom. The van der Waals surface area contributed by atoms with Crippen molar-refractivity contribution in [2.75, 3.05) is 13.2 Å². The molecule has 0 saturated carbocycles. The van der Waals surface area contributed by atoms with E-state index in [9.17, 15) is 4.79 Å². The molecule has 0 atom stereocenters. The van der Waals surface area contributed by atoms with E-state index < -0.39 is 14.8 Å². The van der Waals surface area contributed by atoms with Crippen LogP contribution in [-0.4, -0.2) is 28.0 Å². The highest BCUT2D eigenvalue weighted by atomic mass is 28.4. The summed E-state index contributed by atoms with van der Waals surface area (Å²) in [5.74, 6) is -0.494. The van der Waals surface area contributed by atoms with E-state index in [1.165, 1.54) is 5.56 Å². The predicted molar refractivity (Wildman–Crippen MR) is 80.2 cm³/mol. The molecule has 0 spiro atoms. The first-order valence-electron chi connectivity index (χ1n) is 6.83. The van der Waals surface area contributed by atoms with Crippen molar-refractivity contribution in [1.82, 2.24) is 0 Å². The molecule has 0 saturated heterocycles. The van der Waals surface area contributed by atoms with Crippen LogP contribution in [0.4, 0.5) is 0 Å². The molecule has 0 amide bonds.